The summed E-state index contributed by atoms with van der Waals surface area (Å²) in [6.07, 6.45) is 0. The molecular formula is C19H12Cl3NO5. The van der Waals surface area contributed by atoms with Gasteiger partial charge in [-0.05, 0) is 42.5 Å². The number of hydrogen-bond acceptors (Lipinski definition) is 4. The number of benzene rings is 2. The smallest absolute Gasteiger partial charge is 0.335 e. The summed E-state index contributed by atoms with van der Waals surface area (Å²) in [5, 5.41) is 12.6. The van der Waals surface area contributed by atoms with Crippen molar-refractivity contribution in [1.29, 1.82) is 0 Å². The lowest BCUT2D eigenvalue weighted by atomic mass is 10.1. The highest BCUT2D eigenvalue weighted by Crippen LogP contribution is 2.35. The molecule has 1 amide bonds. The van der Waals surface area contributed by atoms with Crippen LogP contribution in [0.3, 0.4) is 0 Å². The number of carbonyl (C=O) groups is 2. The number of nitrogens with one attached hydrogen (secondary N) is 1. The van der Waals surface area contributed by atoms with Crippen molar-refractivity contribution in [1.82, 2.24) is 0 Å². The minimum atomic E-state index is -1.20. The van der Waals surface area contributed by atoms with Gasteiger partial charge in [0.1, 0.15) is 5.76 Å². The van der Waals surface area contributed by atoms with Gasteiger partial charge in [0.05, 0.1) is 28.4 Å². The summed E-state index contributed by atoms with van der Waals surface area (Å²) in [6.45, 7) is 0. The second kappa shape index (κ2) is 8.14. The molecule has 0 fully saturated rings. The van der Waals surface area contributed by atoms with Crippen LogP contribution in [0.15, 0.2) is 46.9 Å². The zero-order valence-electron chi connectivity index (χ0n) is 14.3. The number of anilines is 1. The van der Waals surface area contributed by atoms with Gasteiger partial charge in [-0.2, -0.15) is 0 Å². The first-order valence-electron chi connectivity index (χ1n) is 7.77. The Morgan fingerprint density at radius 3 is 2.43 bits per heavy atom. The molecule has 0 saturated carbocycles. The Hall–Kier alpha value is -2.67. The van der Waals surface area contributed by atoms with Crippen molar-refractivity contribution in [2.24, 2.45) is 0 Å². The van der Waals surface area contributed by atoms with Gasteiger partial charge in [0, 0.05) is 10.6 Å². The molecule has 0 atom stereocenters. The number of halogens is 3. The third-order valence-corrected chi connectivity index (χ3v) is 4.60. The number of carbonyl (C=O) groups excluding carboxylic acids is 1. The van der Waals surface area contributed by atoms with E-state index in [4.69, 9.17) is 44.0 Å². The van der Waals surface area contributed by atoms with Crippen LogP contribution in [-0.4, -0.2) is 24.1 Å². The van der Waals surface area contributed by atoms with E-state index in [0.717, 1.165) is 0 Å². The quantitative estimate of drug-likeness (QED) is 0.518. The van der Waals surface area contributed by atoms with Gasteiger partial charge >= 0.3 is 5.97 Å². The summed E-state index contributed by atoms with van der Waals surface area (Å²) in [6, 6.07) is 10.4. The van der Waals surface area contributed by atoms with Gasteiger partial charge in [-0.3, -0.25) is 4.79 Å². The third kappa shape index (κ3) is 4.09. The SMILES string of the molecule is COc1c(Cl)cc(C(=O)O)cc1NC(=O)c1ccc(-c2ccc(Cl)cc2Cl)o1. The summed E-state index contributed by atoms with van der Waals surface area (Å²) in [4.78, 5) is 23.8. The van der Waals surface area contributed by atoms with Gasteiger partial charge in [-0.25, -0.2) is 4.79 Å². The standard InChI is InChI=1S/C19H12Cl3NO5/c1-27-17-13(22)6-9(19(25)26)7-14(17)23-18(24)16-5-4-15(28-16)11-3-2-10(20)8-12(11)21/h2-8H,1H3,(H,23,24)(H,25,26). The third-order valence-electron chi connectivity index (χ3n) is 3.77. The zero-order chi connectivity index (χ0) is 20.4. The Morgan fingerprint density at radius 1 is 1.04 bits per heavy atom. The summed E-state index contributed by atoms with van der Waals surface area (Å²) in [7, 11) is 1.35. The van der Waals surface area contributed by atoms with Crippen LogP contribution in [0.2, 0.25) is 15.1 Å². The molecule has 0 bridgehead atoms. The van der Waals surface area contributed by atoms with Crippen molar-refractivity contribution in [3.63, 3.8) is 0 Å². The Balaban J connectivity index is 1.90. The molecule has 0 aliphatic heterocycles. The lowest BCUT2D eigenvalue weighted by molar-refractivity contribution is 0.0696. The minimum Gasteiger partial charge on any atom is -0.493 e. The van der Waals surface area contributed by atoms with Crippen LogP contribution >= 0.6 is 34.8 Å². The molecule has 2 aromatic carbocycles. The predicted molar refractivity (Wildman–Crippen MR) is 107 cm³/mol. The van der Waals surface area contributed by atoms with E-state index in [1.807, 2.05) is 0 Å². The fraction of sp³-hybridized carbons (Fsp3) is 0.0526. The van der Waals surface area contributed by atoms with Crippen molar-refractivity contribution in [3.8, 4) is 17.1 Å². The molecule has 0 aliphatic rings. The highest BCUT2D eigenvalue weighted by atomic mass is 35.5. The van der Waals surface area contributed by atoms with Gasteiger partial charge in [0.15, 0.2) is 11.5 Å². The molecule has 0 spiro atoms. The first-order chi connectivity index (χ1) is 13.3. The zero-order valence-corrected chi connectivity index (χ0v) is 16.5. The van der Waals surface area contributed by atoms with Crippen LogP contribution in [0.25, 0.3) is 11.3 Å². The first kappa shape index (κ1) is 20.1. The van der Waals surface area contributed by atoms with E-state index in [-0.39, 0.29) is 27.8 Å². The number of furan rings is 1. The maximum absolute atomic E-state index is 12.6. The molecule has 6 nitrogen and oxygen atoms in total. The molecule has 144 valence electrons. The van der Waals surface area contributed by atoms with E-state index in [9.17, 15) is 14.7 Å². The Bertz CT molecular complexity index is 1080. The van der Waals surface area contributed by atoms with E-state index in [0.29, 0.717) is 21.4 Å². The molecule has 0 saturated heterocycles. The normalized spacial score (nSPS) is 10.6. The van der Waals surface area contributed by atoms with Crippen molar-refractivity contribution in [3.05, 3.63) is 68.9 Å². The maximum Gasteiger partial charge on any atom is 0.335 e. The maximum atomic E-state index is 12.6. The monoisotopic (exact) mass is 439 g/mol. The topological polar surface area (TPSA) is 88.8 Å². The molecule has 0 aliphatic carbocycles. The van der Waals surface area contributed by atoms with Crippen molar-refractivity contribution in [2.45, 2.75) is 0 Å². The lowest BCUT2D eigenvalue weighted by Crippen LogP contribution is -2.13. The number of hydrogen-bond donors (Lipinski definition) is 2. The summed E-state index contributed by atoms with van der Waals surface area (Å²) >= 11 is 18.1. The highest BCUT2D eigenvalue weighted by Gasteiger charge is 2.19. The van der Waals surface area contributed by atoms with Crippen LogP contribution in [0.5, 0.6) is 5.75 Å². The summed E-state index contributed by atoms with van der Waals surface area (Å²) in [5.41, 5.74) is 0.563. The Kier molecular flexibility index (Phi) is 5.84. The predicted octanol–water partition coefficient (Wildman–Crippen LogP) is 5.87. The van der Waals surface area contributed by atoms with Crippen molar-refractivity contribution < 1.29 is 23.8 Å². The van der Waals surface area contributed by atoms with E-state index in [1.54, 1.807) is 24.3 Å². The number of aromatic carboxylic acids is 1. The van der Waals surface area contributed by atoms with Crippen LogP contribution in [-0.2, 0) is 0 Å². The molecule has 1 aromatic heterocycles. The first-order valence-corrected chi connectivity index (χ1v) is 8.91. The van der Waals surface area contributed by atoms with E-state index >= 15 is 0 Å². The second-order valence-electron chi connectivity index (χ2n) is 5.59. The average molecular weight is 441 g/mol. The van der Waals surface area contributed by atoms with Crippen LogP contribution in [0.1, 0.15) is 20.9 Å². The van der Waals surface area contributed by atoms with Gasteiger partial charge in [-0.15, -0.1) is 0 Å². The van der Waals surface area contributed by atoms with Crippen molar-refractivity contribution in [2.75, 3.05) is 12.4 Å². The van der Waals surface area contributed by atoms with Crippen LogP contribution in [0.4, 0.5) is 5.69 Å². The minimum absolute atomic E-state index is 0.0140. The fourth-order valence-electron chi connectivity index (χ4n) is 2.50. The van der Waals surface area contributed by atoms with E-state index in [1.165, 1.54) is 25.3 Å². The molecule has 9 heteroatoms. The van der Waals surface area contributed by atoms with E-state index in [2.05, 4.69) is 5.32 Å². The highest BCUT2D eigenvalue weighted by molar-refractivity contribution is 6.36. The van der Waals surface area contributed by atoms with Crippen LogP contribution < -0.4 is 10.1 Å². The molecule has 28 heavy (non-hydrogen) atoms. The van der Waals surface area contributed by atoms with Gasteiger partial charge < -0.3 is 19.6 Å². The molecular weight excluding hydrogens is 429 g/mol. The van der Waals surface area contributed by atoms with Gasteiger partial charge in [0.2, 0.25) is 0 Å². The summed E-state index contributed by atoms with van der Waals surface area (Å²) in [5.74, 6) is -1.32. The summed E-state index contributed by atoms with van der Waals surface area (Å²) < 4.78 is 10.7. The van der Waals surface area contributed by atoms with Gasteiger partial charge in [0.25, 0.3) is 5.91 Å². The molecule has 1 heterocycles. The van der Waals surface area contributed by atoms with E-state index < -0.39 is 11.9 Å². The molecule has 0 radical (unpaired) electrons. The average Bonchev–Trinajstić information content (AvgIpc) is 3.11. The lowest BCUT2D eigenvalue weighted by Gasteiger charge is -2.12. The second-order valence-corrected chi connectivity index (χ2v) is 6.84. The molecule has 0 unspecified atom stereocenters. The molecule has 3 rings (SSSR count). The largest absolute Gasteiger partial charge is 0.493 e. The Morgan fingerprint density at radius 2 is 1.79 bits per heavy atom. The number of rotatable bonds is 5. The number of carboxylic acid groups (broad SMARTS) is 1. The number of ether oxygens (including phenoxy) is 1. The van der Waals surface area contributed by atoms with Gasteiger partial charge in [-0.1, -0.05) is 34.8 Å². The number of carboxylic acids is 1. The fourth-order valence-corrected chi connectivity index (χ4v) is 3.29. The molecule has 2 N–H and O–H groups in total. The number of methoxy groups -OCH3 is 1. The Labute approximate surface area is 174 Å². The molecule has 3 aromatic rings. The number of amides is 1. The van der Waals surface area contributed by atoms with Crippen LogP contribution in [0, 0.1) is 0 Å². The van der Waals surface area contributed by atoms with Crippen molar-refractivity contribution >= 4 is 52.4 Å².